The molecule has 1 aromatic rings. The Bertz CT molecular complexity index is 594. The molecular formula is C14H17N5O3. The first-order chi connectivity index (χ1) is 10.6. The van der Waals surface area contributed by atoms with Crippen LogP contribution in [0, 0.1) is 5.92 Å². The van der Waals surface area contributed by atoms with Gasteiger partial charge in [0, 0.05) is 38.2 Å². The second-order valence-corrected chi connectivity index (χ2v) is 4.72. The second-order valence-electron chi connectivity index (χ2n) is 4.72. The number of aromatic nitrogens is 2. The highest BCUT2D eigenvalue weighted by atomic mass is 16.2. The van der Waals surface area contributed by atoms with Crippen molar-refractivity contribution in [1.82, 2.24) is 19.8 Å². The topological polar surface area (TPSA) is 96.7 Å². The number of urea groups is 1. The molecule has 8 heteroatoms. The van der Waals surface area contributed by atoms with E-state index in [0.29, 0.717) is 6.54 Å². The minimum atomic E-state index is -1.06. The summed E-state index contributed by atoms with van der Waals surface area (Å²) in [5.41, 5.74) is 0. The van der Waals surface area contributed by atoms with E-state index in [1.54, 1.807) is 12.5 Å². The molecular weight excluding hydrogens is 286 g/mol. The Hall–Kier alpha value is -2.77. The van der Waals surface area contributed by atoms with Gasteiger partial charge in [0.05, 0.1) is 6.33 Å². The van der Waals surface area contributed by atoms with E-state index < -0.39 is 23.8 Å². The zero-order valence-corrected chi connectivity index (χ0v) is 12.0. The number of carbonyl (C=O) groups excluding carboxylic acids is 3. The van der Waals surface area contributed by atoms with Crippen LogP contribution in [0.2, 0.25) is 0 Å². The molecule has 2 rings (SSSR count). The first-order valence-corrected chi connectivity index (χ1v) is 6.86. The van der Waals surface area contributed by atoms with Gasteiger partial charge in [-0.05, 0) is 6.42 Å². The van der Waals surface area contributed by atoms with Gasteiger partial charge in [-0.2, -0.15) is 0 Å². The van der Waals surface area contributed by atoms with Gasteiger partial charge in [0.15, 0.2) is 5.92 Å². The highest BCUT2D eigenvalue weighted by molar-refractivity contribution is 6.23. The standard InChI is InChI=1S/C14H17N5O3/c1-2-6-19-13(21)11(12(20)17-14(19)22)9-15-4-3-7-18-8-5-16-10-18/h2,5,8-11H,1,3-4,6-7H2,(H,17,20,22)/t11-/m0/s1. The molecule has 22 heavy (non-hydrogen) atoms. The number of barbiturate groups is 1. The molecule has 1 aliphatic rings. The summed E-state index contributed by atoms with van der Waals surface area (Å²) in [6.07, 6.45) is 8.73. The van der Waals surface area contributed by atoms with Gasteiger partial charge in [-0.1, -0.05) is 6.08 Å². The molecule has 1 saturated heterocycles. The van der Waals surface area contributed by atoms with Crippen LogP contribution >= 0.6 is 0 Å². The van der Waals surface area contributed by atoms with Crippen molar-refractivity contribution in [3.8, 4) is 0 Å². The van der Waals surface area contributed by atoms with Crippen LogP contribution in [0.1, 0.15) is 6.42 Å². The maximum Gasteiger partial charge on any atom is 0.331 e. The van der Waals surface area contributed by atoms with Gasteiger partial charge in [-0.3, -0.25) is 24.8 Å². The Labute approximate surface area is 127 Å². The molecule has 1 fully saturated rings. The highest BCUT2D eigenvalue weighted by Gasteiger charge is 2.38. The Balaban J connectivity index is 1.88. The molecule has 116 valence electrons. The van der Waals surface area contributed by atoms with Crippen LogP contribution in [-0.4, -0.2) is 51.6 Å². The van der Waals surface area contributed by atoms with Crippen molar-refractivity contribution < 1.29 is 14.4 Å². The van der Waals surface area contributed by atoms with E-state index in [1.165, 1.54) is 12.3 Å². The van der Waals surface area contributed by atoms with Crippen molar-refractivity contribution in [2.24, 2.45) is 10.9 Å². The molecule has 0 bridgehead atoms. The van der Waals surface area contributed by atoms with Gasteiger partial charge in [0.25, 0.3) is 0 Å². The molecule has 1 aliphatic heterocycles. The second kappa shape index (κ2) is 7.30. The number of imidazole rings is 1. The average molecular weight is 303 g/mol. The molecule has 1 aromatic heterocycles. The van der Waals surface area contributed by atoms with Gasteiger partial charge in [-0.25, -0.2) is 9.78 Å². The summed E-state index contributed by atoms with van der Waals surface area (Å²) in [4.78, 5) is 44.3. The Morgan fingerprint density at radius 1 is 1.41 bits per heavy atom. The summed E-state index contributed by atoms with van der Waals surface area (Å²) in [6.45, 7) is 4.77. The Morgan fingerprint density at radius 3 is 2.91 bits per heavy atom. The van der Waals surface area contributed by atoms with E-state index in [4.69, 9.17) is 0 Å². The van der Waals surface area contributed by atoms with Crippen LogP contribution < -0.4 is 5.32 Å². The smallest absolute Gasteiger partial charge is 0.331 e. The van der Waals surface area contributed by atoms with Gasteiger partial charge >= 0.3 is 6.03 Å². The number of hydrogen-bond donors (Lipinski definition) is 1. The molecule has 4 amide bonds. The van der Waals surface area contributed by atoms with Crippen molar-refractivity contribution in [2.45, 2.75) is 13.0 Å². The van der Waals surface area contributed by atoms with E-state index >= 15 is 0 Å². The number of nitrogens with zero attached hydrogens (tertiary/aromatic N) is 4. The normalized spacial score (nSPS) is 18.8. The molecule has 0 saturated carbocycles. The van der Waals surface area contributed by atoms with E-state index in [-0.39, 0.29) is 6.54 Å². The van der Waals surface area contributed by atoms with Gasteiger partial charge in [0.1, 0.15) is 0 Å². The third-order valence-corrected chi connectivity index (χ3v) is 3.12. The zero-order valence-electron chi connectivity index (χ0n) is 12.0. The number of hydrogen-bond acceptors (Lipinski definition) is 5. The molecule has 0 spiro atoms. The summed E-state index contributed by atoms with van der Waals surface area (Å²) < 4.78 is 1.92. The van der Waals surface area contributed by atoms with E-state index in [0.717, 1.165) is 17.9 Å². The fourth-order valence-electron chi connectivity index (χ4n) is 2.01. The van der Waals surface area contributed by atoms with Gasteiger partial charge in [-0.15, -0.1) is 6.58 Å². The number of rotatable bonds is 7. The molecule has 0 unspecified atom stereocenters. The SMILES string of the molecule is C=CCN1C(=O)NC(=O)[C@H](C=NCCCn2ccnc2)C1=O. The molecule has 2 heterocycles. The first kappa shape index (κ1) is 15.6. The van der Waals surface area contributed by atoms with Crippen molar-refractivity contribution in [1.29, 1.82) is 0 Å². The highest BCUT2D eigenvalue weighted by Crippen LogP contribution is 2.09. The first-order valence-electron chi connectivity index (χ1n) is 6.86. The summed E-state index contributed by atoms with van der Waals surface area (Å²) in [6, 6.07) is -0.723. The lowest BCUT2D eigenvalue weighted by molar-refractivity contribution is -0.138. The quantitative estimate of drug-likeness (QED) is 0.337. The van der Waals surface area contributed by atoms with E-state index in [1.807, 2.05) is 10.8 Å². The zero-order chi connectivity index (χ0) is 15.9. The predicted molar refractivity (Wildman–Crippen MR) is 79.1 cm³/mol. The fourth-order valence-corrected chi connectivity index (χ4v) is 2.01. The number of nitrogens with one attached hydrogen (secondary N) is 1. The van der Waals surface area contributed by atoms with E-state index in [2.05, 4.69) is 21.9 Å². The lowest BCUT2D eigenvalue weighted by Crippen LogP contribution is -2.58. The summed E-state index contributed by atoms with van der Waals surface area (Å²) in [5.74, 6) is -2.29. The van der Waals surface area contributed by atoms with Crippen molar-refractivity contribution in [3.05, 3.63) is 31.4 Å². The van der Waals surface area contributed by atoms with Crippen molar-refractivity contribution >= 4 is 24.1 Å². The number of aliphatic imine (C=N–C) groups is 1. The third kappa shape index (κ3) is 3.66. The van der Waals surface area contributed by atoms with Crippen LogP contribution in [0.15, 0.2) is 36.4 Å². The summed E-state index contributed by atoms with van der Waals surface area (Å²) >= 11 is 0. The molecule has 1 N–H and O–H groups in total. The van der Waals surface area contributed by atoms with E-state index in [9.17, 15) is 14.4 Å². The maximum absolute atomic E-state index is 12.1. The van der Waals surface area contributed by atoms with Crippen LogP contribution in [-0.2, 0) is 16.1 Å². The summed E-state index contributed by atoms with van der Waals surface area (Å²) in [5, 5.41) is 2.13. The molecule has 1 atom stereocenters. The Kier molecular flexibility index (Phi) is 5.18. The largest absolute Gasteiger partial charge is 0.337 e. The molecule has 0 radical (unpaired) electrons. The average Bonchev–Trinajstić information content (AvgIpc) is 2.99. The minimum Gasteiger partial charge on any atom is -0.337 e. The fraction of sp³-hybridized carbons (Fsp3) is 0.357. The van der Waals surface area contributed by atoms with Gasteiger partial charge in [0.2, 0.25) is 11.8 Å². The number of amides is 4. The van der Waals surface area contributed by atoms with Crippen LogP contribution in [0.3, 0.4) is 0 Å². The van der Waals surface area contributed by atoms with Crippen LogP contribution in [0.5, 0.6) is 0 Å². The predicted octanol–water partition coefficient (Wildman–Crippen LogP) is 0.225. The minimum absolute atomic E-state index is 0.0584. The van der Waals surface area contributed by atoms with Crippen molar-refractivity contribution in [3.63, 3.8) is 0 Å². The maximum atomic E-state index is 12.1. The third-order valence-electron chi connectivity index (χ3n) is 3.12. The molecule has 0 aliphatic carbocycles. The molecule has 8 nitrogen and oxygen atoms in total. The Morgan fingerprint density at radius 2 is 2.23 bits per heavy atom. The monoisotopic (exact) mass is 303 g/mol. The van der Waals surface area contributed by atoms with Crippen LogP contribution in [0.25, 0.3) is 0 Å². The van der Waals surface area contributed by atoms with Crippen molar-refractivity contribution in [2.75, 3.05) is 13.1 Å². The number of aryl methyl sites for hydroxylation is 1. The molecule has 0 aromatic carbocycles. The summed E-state index contributed by atoms with van der Waals surface area (Å²) in [7, 11) is 0. The van der Waals surface area contributed by atoms with Crippen LogP contribution in [0.4, 0.5) is 4.79 Å². The van der Waals surface area contributed by atoms with Gasteiger partial charge < -0.3 is 4.57 Å². The lowest BCUT2D eigenvalue weighted by Gasteiger charge is -2.27. The number of imide groups is 2. The lowest BCUT2D eigenvalue weighted by atomic mass is 10.1. The number of carbonyl (C=O) groups is 3.